The Morgan fingerprint density at radius 2 is 0.491 bits per heavy atom. The quantitative estimate of drug-likeness (QED) is 0.189. The second-order valence-corrected chi connectivity index (χ2v) is 39.0. The van der Waals surface area contributed by atoms with Crippen molar-refractivity contribution in [1.82, 2.24) is 0 Å². The van der Waals surface area contributed by atoms with Crippen molar-refractivity contribution in [1.29, 1.82) is 0 Å². The van der Waals surface area contributed by atoms with E-state index in [-0.39, 0.29) is 0 Å². The summed E-state index contributed by atoms with van der Waals surface area (Å²) in [6.45, 7) is 0. The first-order valence-corrected chi connectivity index (χ1v) is 28.7. The van der Waals surface area contributed by atoms with Gasteiger partial charge in [0.05, 0.1) is 0 Å². The van der Waals surface area contributed by atoms with Crippen molar-refractivity contribution in [3.05, 3.63) is 243 Å². The summed E-state index contributed by atoms with van der Waals surface area (Å²) in [6, 6.07) is 89.6. The van der Waals surface area contributed by atoms with Gasteiger partial charge >= 0.3 is 0 Å². The number of benzene rings is 8. The lowest BCUT2D eigenvalue weighted by molar-refractivity contribution is 0.588. The predicted octanol–water partition coefficient (Wildman–Crippen LogP) is 4.81. The molecule has 0 aliphatic rings. The van der Waals surface area contributed by atoms with Crippen molar-refractivity contribution in [2.45, 2.75) is 0 Å². The van der Waals surface area contributed by atoms with Crippen LogP contribution in [0.4, 0.5) is 0 Å². The molecule has 5 heteroatoms. The summed E-state index contributed by atoms with van der Waals surface area (Å²) in [5.74, 6) is 0. The van der Waals surface area contributed by atoms with Gasteiger partial charge in [-0.3, -0.25) is 0 Å². The van der Waals surface area contributed by atoms with Crippen LogP contribution in [0.3, 0.4) is 0 Å². The van der Waals surface area contributed by atoms with Crippen molar-refractivity contribution >= 4 is 71.9 Å². The number of hydrogen-bond acceptors (Lipinski definition) is 1. The standard InChI is InChI=1S/C48H41OSi4/c49-51(43-29-13-3-14-30-43,44-31-15-4-16-32-44)53(47-37-21-7-22-38-47,48-39-23-8-24-40-48)52(45-33-17-5-18-34-45,46-35-19-6-20-36-46)50(41-25-9-1-10-26-41)42-27-11-2-12-28-42/h1-40,49H. The first-order valence-electron chi connectivity index (χ1n) is 18.3. The molecule has 0 aromatic heterocycles. The van der Waals surface area contributed by atoms with Gasteiger partial charge in [-0.2, -0.15) is 0 Å². The SMILES string of the molecule is O[Si](c1ccccc1)(c1ccccc1)[Si](c1ccccc1)(c1ccccc1)[Si](c1ccccc1)(c1ccccc1)[Si](c1ccccc1)c1ccccc1. The van der Waals surface area contributed by atoms with Crippen LogP contribution in [0.5, 0.6) is 0 Å². The molecule has 0 aliphatic carbocycles. The van der Waals surface area contributed by atoms with Crippen LogP contribution in [0.1, 0.15) is 0 Å². The zero-order valence-electron chi connectivity index (χ0n) is 29.5. The van der Waals surface area contributed by atoms with Gasteiger partial charge in [0.15, 0.2) is 7.11 Å². The first kappa shape index (κ1) is 34.7. The molecule has 1 N–H and O–H groups in total. The van der Waals surface area contributed by atoms with Gasteiger partial charge in [-0.15, -0.1) is 0 Å². The van der Waals surface area contributed by atoms with Gasteiger partial charge in [-0.05, 0) is 10.4 Å². The Morgan fingerprint density at radius 3 is 0.774 bits per heavy atom. The van der Waals surface area contributed by atoms with Crippen LogP contribution in [0.2, 0.25) is 0 Å². The highest BCUT2D eigenvalue weighted by Crippen LogP contribution is 2.31. The van der Waals surface area contributed by atoms with Crippen LogP contribution < -0.4 is 41.5 Å². The second-order valence-electron chi connectivity index (χ2n) is 13.5. The molecule has 1 radical (unpaired) electrons. The van der Waals surface area contributed by atoms with E-state index in [1.165, 1.54) is 31.1 Å². The summed E-state index contributed by atoms with van der Waals surface area (Å²) in [6.07, 6.45) is 0. The molecule has 53 heavy (non-hydrogen) atoms. The lowest BCUT2D eigenvalue weighted by atomic mass is 10.4. The molecule has 8 aromatic carbocycles. The monoisotopic (exact) mass is 745 g/mol. The molecule has 0 atom stereocenters. The van der Waals surface area contributed by atoms with E-state index in [0.717, 1.165) is 10.4 Å². The lowest BCUT2D eigenvalue weighted by Gasteiger charge is -2.58. The van der Waals surface area contributed by atoms with Crippen LogP contribution in [0, 0.1) is 0 Å². The van der Waals surface area contributed by atoms with Crippen molar-refractivity contribution in [3.63, 3.8) is 0 Å². The van der Waals surface area contributed by atoms with Gasteiger partial charge in [0.1, 0.15) is 15.4 Å². The van der Waals surface area contributed by atoms with Crippen LogP contribution in [0.25, 0.3) is 0 Å². The largest absolute Gasteiger partial charge is 0.426 e. The molecule has 8 aromatic rings. The van der Waals surface area contributed by atoms with E-state index < -0.39 is 30.4 Å². The molecule has 0 unspecified atom stereocenters. The Labute approximate surface area is 317 Å². The minimum absolute atomic E-state index is 1.05. The van der Waals surface area contributed by atoms with Crippen LogP contribution >= 0.6 is 0 Å². The average Bonchev–Trinajstić information content (AvgIpc) is 3.26. The molecule has 0 spiro atoms. The molecule has 0 amide bonds. The molecule has 0 saturated heterocycles. The fraction of sp³-hybridized carbons (Fsp3) is 0. The lowest BCUT2D eigenvalue weighted by Crippen LogP contribution is -3.04. The van der Waals surface area contributed by atoms with Crippen LogP contribution in [0.15, 0.2) is 243 Å². The van der Waals surface area contributed by atoms with Gasteiger partial charge in [-0.25, -0.2) is 0 Å². The minimum Gasteiger partial charge on any atom is -0.426 e. The maximum absolute atomic E-state index is 15.2. The summed E-state index contributed by atoms with van der Waals surface area (Å²) >= 11 is 0. The van der Waals surface area contributed by atoms with E-state index in [9.17, 15) is 0 Å². The molecule has 0 aliphatic heterocycles. The Hall–Kier alpha value is -5.41. The Kier molecular flexibility index (Phi) is 10.00. The molecule has 8 rings (SSSR count). The van der Waals surface area contributed by atoms with Gasteiger partial charge in [-0.1, -0.05) is 274 Å². The van der Waals surface area contributed by atoms with Gasteiger partial charge < -0.3 is 4.80 Å². The number of rotatable bonds is 11. The summed E-state index contributed by atoms with van der Waals surface area (Å²) in [5, 5.41) is 10.1. The first-order chi connectivity index (χ1) is 26.2. The third kappa shape index (κ3) is 5.78. The Morgan fingerprint density at radius 1 is 0.264 bits per heavy atom. The molecule has 0 heterocycles. The van der Waals surface area contributed by atoms with E-state index in [0.29, 0.717) is 0 Å². The zero-order chi connectivity index (χ0) is 36.0. The Bertz CT molecular complexity index is 2170. The molecular formula is C48H41OSi4. The summed E-state index contributed by atoms with van der Waals surface area (Å²) < 4.78 is 0. The van der Waals surface area contributed by atoms with Crippen LogP contribution in [-0.4, -0.2) is 35.2 Å². The van der Waals surface area contributed by atoms with Crippen LogP contribution in [-0.2, 0) is 0 Å². The molecule has 0 fully saturated rings. The summed E-state index contributed by atoms with van der Waals surface area (Å²) in [4.78, 5) is 15.2. The highest BCUT2D eigenvalue weighted by atomic mass is 29.8. The van der Waals surface area contributed by atoms with E-state index >= 15 is 4.80 Å². The topological polar surface area (TPSA) is 20.2 Å². The highest BCUT2D eigenvalue weighted by Gasteiger charge is 2.74. The van der Waals surface area contributed by atoms with Gasteiger partial charge in [0.2, 0.25) is 7.83 Å². The fourth-order valence-electron chi connectivity index (χ4n) is 8.88. The summed E-state index contributed by atoms with van der Waals surface area (Å²) in [5.41, 5.74) is 0. The van der Waals surface area contributed by atoms with E-state index in [1.54, 1.807) is 0 Å². The van der Waals surface area contributed by atoms with Crippen molar-refractivity contribution in [3.8, 4) is 0 Å². The highest BCUT2D eigenvalue weighted by molar-refractivity contribution is 7.96. The third-order valence-electron chi connectivity index (χ3n) is 10.8. The van der Waals surface area contributed by atoms with Crippen molar-refractivity contribution in [2.75, 3.05) is 0 Å². The molecular weight excluding hydrogens is 705 g/mol. The molecule has 1 nitrogen and oxygen atoms in total. The van der Waals surface area contributed by atoms with Crippen molar-refractivity contribution in [2.24, 2.45) is 0 Å². The number of hydrogen-bond donors (Lipinski definition) is 1. The fourth-order valence-corrected chi connectivity index (χ4v) is 71.5. The third-order valence-corrected chi connectivity index (χ3v) is 56.5. The molecule has 255 valence electrons. The maximum atomic E-state index is 15.2. The maximum Gasteiger partial charge on any atom is 0.245 e. The predicted molar refractivity (Wildman–Crippen MR) is 234 cm³/mol. The average molecular weight is 746 g/mol. The van der Waals surface area contributed by atoms with Gasteiger partial charge in [0.25, 0.3) is 0 Å². The molecule has 0 bridgehead atoms. The second kappa shape index (κ2) is 15.3. The Balaban J connectivity index is 1.74. The normalized spacial score (nSPS) is 12.0. The van der Waals surface area contributed by atoms with E-state index in [1.807, 2.05) is 0 Å². The van der Waals surface area contributed by atoms with E-state index in [2.05, 4.69) is 243 Å². The zero-order valence-corrected chi connectivity index (χ0v) is 33.5. The van der Waals surface area contributed by atoms with E-state index in [4.69, 9.17) is 0 Å². The minimum atomic E-state index is -3.87. The summed E-state index contributed by atoms with van der Waals surface area (Å²) in [7, 11) is -12.6. The smallest absolute Gasteiger partial charge is 0.245 e. The molecule has 0 saturated carbocycles. The van der Waals surface area contributed by atoms with Gasteiger partial charge in [0, 0.05) is 0 Å². The van der Waals surface area contributed by atoms with Crippen molar-refractivity contribution < 1.29 is 4.80 Å².